The maximum absolute atomic E-state index is 5.90. The molecule has 4 nitrogen and oxygen atoms in total. The molecule has 2 saturated heterocycles. The number of hydrogen-bond acceptors (Lipinski definition) is 4. The molecule has 2 aliphatic heterocycles. The molecule has 4 heteroatoms. The van der Waals surface area contributed by atoms with E-state index in [9.17, 15) is 0 Å². The number of hydrogen-bond donors (Lipinski definition) is 1. The van der Waals surface area contributed by atoms with Gasteiger partial charge in [0.15, 0.2) is 11.5 Å². The molecule has 18 heavy (non-hydrogen) atoms. The van der Waals surface area contributed by atoms with Crippen LogP contribution < -0.4 is 14.8 Å². The molecule has 0 radical (unpaired) electrons. The highest BCUT2D eigenvalue weighted by Crippen LogP contribution is 2.34. The summed E-state index contributed by atoms with van der Waals surface area (Å²) in [5, 5.41) is 3.39. The second kappa shape index (κ2) is 5.16. The maximum atomic E-state index is 5.90. The van der Waals surface area contributed by atoms with Crippen LogP contribution in [0, 0.1) is 0 Å². The largest absolute Gasteiger partial charge is 0.493 e. The molecule has 1 atom stereocenters. The third-order valence-electron chi connectivity index (χ3n) is 3.62. The molecule has 0 aromatic heterocycles. The summed E-state index contributed by atoms with van der Waals surface area (Å²) in [5.74, 6) is 2.24. The van der Waals surface area contributed by atoms with E-state index in [1.807, 2.05) is 6.07 Å². The van der Waals surface area contributed by atoms with E-state index in [1.54, 1.807) is 7.11 Å². The third kappa shape index (κ3) is 2.31. The van der Waals surface area contributed by atoms with Gasteiger partial charge in [0.25, 0.3) is 0 Å². The van der Waals surface area contributed by atoms with E-state index < -0.39 is 0 Å². The van der Waals surface area contributed by atoms with Crippen LogP contribution in [0.2, 0.25) is 0 Å². The zero-order valence-electron chi connectivity index (χ0n) is 10.6. The van der Waals surface area contributed by atoms with E-state index in [1.165, 1.54) is 12.0 Å². The van der Waals surface area contributed by atoms with Crippen molar-refractivity contribution < 1.29 is 14.2 Å². The first kappa shape index (κ1) is 11.8. The first-order valence-corrected chi connectivity index (χ1v) is 6.50. The fraction of sp³-hybridized carbons (Fsp3) is 0.571. The van der Waals surface area contributed by atoms with Crippen LogP contribution in [0.4, 0.5) is 0 Å². The predicted molar refractivity (Wildman–Crippen MR) is 68.5 cm³/mol. The van der Waals surface area contributed by atoms with Crippen LogP contribution in [0.1, 0.15) is 17.9 Å². The van der Waals surface area contributed by atoms with E-state index in [4.69, 9.17) is 14.2 Å². The van der Waals surface area contributed by atoms with Crippen molar-refractivity contribution in [2.75, 3.05) is 33.4 Å². The Morgan fingerprint density at radius 2 is 2.17 bits per heavy atom. The second-order valence-electron chi connectivity index (χ2n) is 4.88. The van der Waals surface area contributed by atoms with Crippen molar-refractivity contribution in [2.45, 2.75) is 18.4 Å². The minimum Gasteiger partial charge on any atom is -0.493 e. The Bertz CT molecular complexity index is 412. The molecule has 1 aromatic carbocycles. The summed E-state index contributed by atoms with van der Waals surface area (Å²) in [6, 6.07) is 6.26. The van der Waals surface area contributed by atoms with Gasteiger partial charge in [-0.15, -0.1) is 0 Å². The average molecular weight is 249 g/mol. The first-order valence-electron chi connectivity index (χ1n) is 6.50. The van der Waals surface area contributed by atoms with Crippen molar-refractivity contribution >= 4 is 0 Å². The van der Waals surface area contributed by atoms with Crippen molar-refractivity contribution in [3.63, 3.8) is 0 Å². The van der Waals surface area contributed by atoms with Gasteiger partial charge < -0.3 is 19.5 Å². The summed E-state index contributed by atoms with van der Waals surface area (Å²) in [5.41, 5.74) is 1.33. The van der Waals surface area contributed by atoms with Gasteiger partial charge in [0.1, 0.15) is 6.10 Å². The molecule has 98 valence electrons. The van der Waals surface area contributed by atoms with Crippen LogP contribution in [-0.4, -0.2) is 39.5 Å². The summed E-state index contributed by atoms with van der Waals surface area (Å²) >= 11 is 0. The molecule has 3 rings (SSSR count). The number of ether oxygens (including phenoxy) is 3. The van der Waals surface area contributed by atoms with Crippen LogP contribution >= 0.6 is 0 Å². The molecule has 2 heterocycles. The zero-order chi connectivity index (χ0) is 12.4. The Morgan fingerprint density at radius 1 is 1.28 bits per heavy atom. The van der Waals surface area contributed by atoms with Crippen LogP contribution in [0.15, 0.2) is 18.2 Å². The summed E-state index contributed by atoms with van der Waals surface area (Å²) in [4.78, 5) is 0. The van der Waals surface area contributed by atoms with E-state index in [-0.39, 0.29) is 6.10 Å². The van der Waals surface area contributed by atoms with Gasteiger partial charge in [-0.3, -0.25) is 0 Å². The first-order chi connectivity index (χ1) is 8.86. The van der Waals surface area contributed by atoms with E-state index in [0.717, 1.165) is 24.6 Å². The molecule has 0 saturated carbocycles. The minimum atomic E-state index is 0.177. The van der Waals surface area contributed by atoms with Crippen LogP contribution in [-0.2, 0) is 4.74 Å². The van der Waals surface area contributed by atoms with Crippen LogP contribution in [0.3, 0.4) is 0 Å². The molecule has 1 N–H and O–H groups in total. The van der Waals surface area contributed by atoms with Gasteiger partial charge in [-0.25, -0.2) is 0 Å². The smallest absolute Gasteiger partial charge is 0.162 e. The molecule has 0 bridgehead atoms. The molecule has 1 unspecified atom stereocenters. The van der Waals surface area contributed by atoms with E-state index >= 15 is 0 Å². The monoisotopic (exact) mass is 249 g/mol. The average Bonchev–Trinajstić information content (AvgIpc) is 2.87. The fourth-order valence-corrected chi connectivity index (χ4v) is 2.44. The second-order valence-corrected chi connectivity index (χ2v) is 4.88. The number of rotatable bonds is 4. The molecule has 0 spiro atoms. The molecule has 0 aliphatic carbocycles. The number of methoxy groups -OCH3 is 1. The van der Waals surface area contributed by atoms with Gasteiger partial charge in [0.05, 0.1) is 20.3 Å². The minimum absolute atomic E-state index is 0.177. The highest BCUT2D eigenvalue weighted by molar-refractivity contribution is 5.44. The lowest BCUT2D eigenvalue weighted by Gasteiger charge is -2.27. The molecule has 1 aromatic rings. The normalized spacial score (nSPS) is 23.7. The molecule has 2 fully saturated rings. The van der Waals surface area contributed by atoms with Crippen molar-refractivity contribution in [3.8, 4) is 11.5 Å². The lowest BCUT2D eigenvalue weighted by Crippen LogP contribution is -2.38. The Morgan fingerprint density at radius 3 is 2.78 bits per heavy atom. The summed E-state index contributed by atoms with van der Waals surface area (Å²) in [6.45, 7) is 3.51. The predicted octanol–water partition coefficient (Wildman–Crippen LogP) is 1.55. The highest BCUT2D eigenvalue weighted by Gasteiger charge is 2.23. The lowest BCUT2D eigenvalue weighted by molar-refractivity contribution is -0.0803. The van der Waals surface area contributed by atoms with Gasteiger partial charge in [0, 0.05) is 6.54 Å². The highest BCUT2D eigenvalue weighted by atomic mass is 16.6. The Balaban J connectivity index is 1.80. The quantitative estimate of drug-likeness (QED) is 0.879. The van der Waals surface area contributed by atoms with Gasteiger partial charge in [-0.05, 0) is 36.6 Å². The van der Waals surface area contributed by atoms with Crippen LogP contribution in [0.25, 0.3) is 0 Å². The van der Waals surface area contributed by atoms with Gasteiger partial charge >= 0.3 is 0 Å². The standard InChI is InChI=1S/C14H19NO3/c1-16-13-3-2-10(11-4-5-15-7-11)6-14(13)18-12-8-17-9-12/h2-3,6,11-12,15H,4-5,7-9H2,1H3. The molecular formula is C14H19NO3. The molecule has 2 aliphatic rings. The molecule has 0 amide bonds. The van der Waals surface area contributed by atoms with Crippen molar-refractivity contribution in [2.24, 2.45) is 0 Å². The van der Waals surface area contributed by atoms with Gasteiger partial charge in [-0.1, -0.05) is 6.07 Å². The number of nitrogens with one attached hydrogen (secondary N) is 1. The van der Waals surface area contributed by atoms with Gasteiger partial charge in [0.2, 0.25) is 0 Å². The molecular weight excluding hydrogens is 230 g/mol. The van der Waals surface area contributed by atoms with Crippen LogP contribution in [0.5, 0.6) is 11.5 Å². The Hall–Kier alpha value is -1.26. The van der Waals surface area contributed by atoms with E-state index in [0.29, 0.717) is 19.1 Å². The lowest BCUT2D eigenvalue weighted by atomic mass is 9.98. The Kier molecular flexibility index (Phi) is 3.39. The summed E-state index contributed by atoms with van der Waals surface area (Å²) < 4.78 is 16.4. The topological polar surface area (TPSA) is 39.7 Å². The summed E-state index contributed by atoms with van der Waals surface area (Å²) in [7, 11) is 1.68. The maximum Gasteiger partial charge on any atom is 0.162 e. The Labute approximate surface area is 107 Å². The van der Waals surface area contributed by atoms with Crippen molar-refractivity contribution in [1.29, 1.82) is 0 Å². The zero-order valence-corrected chi connectivity index (χ0v) is 10.6. The van der Waals surface area contributed by atoms with Crippen molar-refractivity contribution in [1.82, 2.24) is 5.32 Å². The van der Waals surface area contributed by atoms with Gasteiger partial charge in [-0.2, -0.15) is 0 Å². The fourth-order valence-electron chi connectivity index (χ4n) is 2.44. The summed E-state index contributed by atoms with van der Waals surface area (Å²) in [6.07, 6.45) is 1.37. The van der Waals surface area contributed by atoms with E-state index in [2.05, 4.69) is 17.4 Å². The SMILES string of the molecule is COc1ccc(C2CCNC2)cc1OC1COC1. The van der Waals surface area contributed by atoms with Crippen molar-refractivity contribution in [3.05, 3.63) is 23.8 Å². The third-order valence-corrected chi connectivity index (χ3v) is 3.62. The number of benzene rings is 1.